The number of allylic oxidation sites excluding steroid dienone is 17. The fourth-order valence-corrected chi connectivity index (χ4v) is 14.8. The van der Waals surface area contributed by atoms with E-state index >= 15 is 0 Å². The van der Waals surface area contributed by atoms with E-state index in [1.807, 2.05) is 11.3 Å². The molecular formula is C56H61NOS. The first-order valence-electron chi connectivity index (χ1n) is 23.7. The third-order valence-electron chi connectivity index (χ3n) is 16.5. The Bertz CT molecular complexity index is 2390. The van der Waals surface area contributed by atoms with Crippen molar-refractivity contribution < 1.29 is 4.74 Å². The minimum Gasteiger partial charge on any atom is -0.370 e. The lowest BCUT2D eigenvalue weighted by atomic mass is 9.68. The lowest BCUT2D eigenvalue weighted by molar-refractivity contribution is 0.0379. The molecule has 0 saturated carbocycles. The van der Waals surface area contributed by atoms with Gasteiger partial charge >= 0.3 is 0 Å². The molecule has 1 saturated heterocycles. The number of hydrogen-bond acceptors (Lipinski definition) is 3. The molecule has 1 fully saturated rings. The molecule has 11 atom stereocenters. The van der Waals surface area contributed by atoms with Crippen LogP contribution < -0.4 is 9.75 Å². The van der Waals surface area contributed by atoms with Crippen molar-refractivity contribution in [3.8, 4) is 0 Å². The minimum absolute atomic E-state index is 0.322. The summed E-state index contributed by atoms with van der Waals surface area (Å²) in [4.78, 5) is 4.49. The van der Waals surface area contributed by atoms with Gasteiger partial charge in [-0.05, 0) is 153 Å². The maximum atomic E-state index is 6.99. The second-order valence-corrected chi connectivity index (χ2v) is 20.6. The van der Waals surface area contributed by atoms with Gasteiger partial charge in [0.1, 0.15) is 0 Å². The van der Waals surface area contributed by atoms with E-state index < -0.39 is 0 Å². The Morgan fingerprint density at radius 2 is 1.63 bits per heavy atom. The van der Waals surface area contributed by atoms with Crippen LogP contribution in [0.25, 0.3) is 18.2 Å². The smallest absolute Gasteiger partial charge is 0.0829 e. The highest BCUT2D eigenvalue weighted by atomic mass is 32.1. The predicted octanol–water partition coefficient (Wildman–Crippen LogP) is 11.9. The van der Waals surface area contributed by atoms with Gasteiger partial charge in [0.05, 0.1) is 18.2 Å². The fourth-order valence-electron chi connectivity index (χ4n) is 13.6. The zero-order valence-corrected chi connectivity index (χ0v) is 35.6. The van der Waals surface area contributed by atoms with E-state index in [4.69, 9.17) is 4.74 Å². The van der Waals surface area contributed by atoms with Crippen molar-refractivity contribution in [2.75, 3.05) is 0 Å². The largest absolute Gasteiger partial charge is 0.370 e. The highest BCUT2D eigenvalue weighted by Crippen LogP contribution is 2.52. The van der Waals surface area contributed by atoms with Crippen LogP contribution in [0, 0.1) is 41.4 Å². The van der Waals surface area contributed by atoms with Gasteiger partial charge in [0, 0.05) is 44.8 Å². The molecule has 2 heterocycles. The highest BCUT2D eigenvalue weighted by Gasteiger charge is 2.48. The van der Waals surface area contributed by atoms with E-state index in [9.17, 15) is 0 Å². The monoisotopic (exact) mass is 795 g/mol. The van der Waals surface area contributed by atoms with Gasteiger partial charge in [-0.3, -0.25) is 0 Å². The molecule has 0 N–H and O–H groups in total. The molecule has 10 aliphatic carbocycles. The minimum atomic E-state index is 0.322. The van der Waals surface area contributed by atoms with Crippen molar-refractivity contribution in [1.29, 1.82) is 0 Å². The van der Waals surface area contributed by atoms with Crippen molar-refractivity contribution in [2.45, 2.75) is 121 Å². The molecule has 11 aliphatic rings. The van der Waals surface area contributed by atoms with Crippen LogP contribution in [0.1, 0.15) is 100 Å². The van der Waals surface area contributed by atoms with Crippen LogP contribution in [0.3, 0.4) is 0 Å². The SMILES string of the molecule is C1=CCC(C2=CCCC3C2OC2CCC([C@@H]4CC=C(N(C5C=CC(C6C=c7c8c(sc7=CC6)C=CCC8)=CC5)[C@@H]5C[C@@H]6CCC=CC6=C6C=CC=C[C@@H]65)CC4)=CC23)C=C1. The molecule has 7 unspecified atom stereocenters. The van der Waals surface area contributed by atoms with Crippen LogP contribution in [0.2, 0.25) is 0 Å². The summed E-state index contributed by atoms with van der Waals surface area (Å²) in [5.41, 5.74) is 11.3. The standard InChI is InChI=1S/C56H61NOS/c1-2-11-38(12-3-1)45-18-10-19-49-50-33-39(25-31-53(50)58-56(45)49)36-21-27-42(28-22-36)57(52-35-41-13-4-5-14-44(41)46-15-6-7-16-47(46)52)43-29-23-37(24-30-43)40-26-32-55-51(34-40)48-17-8-9-20-54(48)59-55/h1-3,5-7,9,11,14-16,18,20,23-24,27,29,32-34,36,38,40-41,43,47,49-50,52-53,56H,4,8,10,12-13,17,19,21-22,25-26,28,30-31,35H2/t36-,38?,40?,41+,43?,47+,49?,50?,52-,53?,56?/m1/s1. The quantitative estimate of drug-likeness (QED) is 0.266. The van der Waals surface area contributed by atoms with E-state index in [0.717, 1.165) is 19.3 Å². The normalized spacial score (nSPS) is 37.4. The summed E-state index contributed by atoms with van der Waals surface area (Å²) in [6.07, 6.45) is 68.4. The fraction of sp³-hybridized carbons (Fsp3) is 0.464. The van der Waals surface area contributed by atoms with Crippen molar-refractivity contribution in [3.63, 3.8) is 0 Å². The summed E-state index contributed by atoms with van der Waals surface area (Å²) >= 11 is 2.00. The molecule has 0 radical (unpaired) electrons. The summed E-state index contributed by atoms with van der Waals surface area (Å²) in [7, 11) is 0. The van der Waals surface area contributed by atoms with Crippen LogP contribution in [0.15, 0.2) is 137 Å². The third kappa shape index (κ3) is 6.60. The first-order valence-corrected chi connectivity index (χ1v) is 24.6. The zero-order valence-electron chi connectivity index (χ0n) is 34.8. The molecule has 3 heteroatoms. The Balaban J connectivity index is 0.815. The summed E-state index contributed by atoms with van der Waals surface area (Å²) in [6, 6.07) is 0.895. The maximum Gasteiger partial charge on any atom is 0.0829 e. The third-order valence-corrected chi connectivity index (χ3v) is 17.7. The van der Waals surface area contributed by atoms with E-state index in [1.165, 1.54) is 92.0 Å². The van der Waals surface area contributed by atoms with Gasteiger partial charge in [0.25, 0.3) is 0 Å². The molecule has 0 spiro atoms. The average molecular weight is 796 g/mol. The summed E-state index contributed by atoms with van der Waals surface area (Å²) in [5, 5.41) is 1.54. The molecule has 12 rings (SSSR count). The van der Waals surface area contributed by atoms with Gasteiger partial charge in [0.15, 0.2) is 0 Å². The van der Waals surface area contributed by atoms with Crippen LogP contribution in [-0.4, -0.2) is 29.2 Å². The van der Waals surface area contributed by atoms with Crippen molar-refractivity contribution >= 4 is 29.6 Å². The molecule has 2 nitrogen and oxygen atoms in total. The van der Waals surface area contributed by atoms with Gasteiger partial charge in [-0.1, -0.05) is 121 Å². The number of nitrogens with zero attached hydrogens (tertiary/aromatic N) is 1. The molecule has 1 aromatic rings. The summed E-state index contributed by atoms with van der Waals surface area (Å²) < 4.78 is 8.50. The number of thiophene rings is 1. The average Bonchev–Trinajstić information content (AvgIpc) is 3.88. The molecule has 0 bridgehead atoms. The molecule has 302 valence electrons. The Hall–Kier alpha value is -3.92. The highest BCUT2D eigenvalue weighted by molar-refractivity contribution is 7.11. The van der Waals surface area contributed by atoms with E-state index in [-0.39, 0.29) is 0 Å². The van der Waals surface area contributed by atoms with Crippen LogP contribution >= 0.6 is 11.3 Å². The lowest BCUT2D eigenvalue weighted by Gasteiger charge is -2.50. The van der Waals surface area contributed by atoms with Crippen molar-refractivity contribution in [2.24, 2.45) is 41.4 Å². The van der Waals surface area contributed by atoms with Gasteiger partial charge in [0.2, 0.25) is 0 Å². The Morgan fingerprint density at radius 3 is 2.53 bits per heavy atom. The van der Waals surface area contributed by atoms with Crippen molar-refractivity contribution in [3.05, 3.63) is 157 Å². The molecular weight excluding hydrogens is 735 g/mol. The van der Waals surface area contributed by atoms with Gasteiger partial charge in [-0.2, -0.15) is 0 Å². The Kier molecular flexibility index (Phi) is 9.71. The summed E-state index contributed by atoms with van der Waals surface area (Å²) in [6.45, 7) is 0. The van der Waals surface area contributed by atoms with Gasteiger partial charge in [-0.25, -0.2) is 0 Å². The lowest BCUT2D eigenvalue weighted by Crippen LogP contribution is -2.49. The Morgan fingerprint density at radius 1 is 0.661 bits per heavy atom. The topological polar surface area (TPSA) is 12.5 Å². The molecule has 1 aromatic heterocycles. The number of rotatable bonds is 6. The van der Waals surface area contributed by atoms with Crippen LogP contribution in [-0.2, 0) is 11.2 Å². The number of ether oxygens (including phenoxy) is 1. The van der Waals surface area contributed by atoms with Crippen LogP contribution in [0.5, 0.6) is 0 Å². The Labute approximate surface area is 356 Å². The number of fused-ring (bicyclic) bond motifs is 8. The molecule has 0 amide bonds. The van der Waals surface area contributed by atoms with Crippen molar-refractivity contribution in [1.82, 2.24) is 4.90 Å². The second kappa shape index (κ2) is 15.5. The molecule has 0 aromatic carbocycles. The predicted molar refractivity (Wildman–Crippen MR) is 247 cm³/mol. The molecule has 1 aliphatic heterocycles. The first-order chi connectivity index (χ1) is 29.2. The summed E-state index contributed by atoms with van der Waals surface area (Å²) in [5.74, 6) is 4.05. The van der Waals surface area contributed by atoms with E-state index in [1.54, 1.807) is 38.8 Å². The van der Waals surface area contributed by atoms with Crippen LogP contribution in [0.4, 0.5) is 0 Å². The molecule has 59 heavy (non-hydrogen) atoms. The van der Waals surface area contributed by atoms with E-state index in [2.05, 4.69) is 126 Å². The van der Waals surface area contributed by atoms with Gasteiger partial charge < -0.3 is 9.64 Å². The maximum absolute atomic E-state index is 6.99. The van der Waals surface area contributed by atoms with E-state index in [0.29, 0.717) is 65.7 Å². The zero-order chi connectivity index (χ0) is 38.9. The first kappa shape index (κ1) is 36.9. The number of hydrogen-bond donors (Lipinski definition) is 0. The van der Waals surface area contributed by atoms with Gasteiger partial charge in [-0.15, -0.1) is 11.3 Å². The second-order valence-electron chi connectivity index (χ2n) is 19.5.